The molecular weight excluding hydrogens is 368 g/mol. The number of aliphatic carboxylic acids is 1. The summed E-state index contributed by atoms with van der Waals surface area (Å²) in [5.74, 6) is -1.45. The first-order chi connectivity index (χ1) is 12.7. The number of sulfonamides is 1. The van der Waals surface area contributed by atoms with Gasteiger partial charge < -0.3 is 10.0 Å². The minimum Gasteiger partial charge on any atom is -0.480 e. The second-order valence-corrected chi connectivity index (χ2v) is 8.15. The third-order valence-corrected chi connectivity index (χ3v) is 5.03. The van der Waals surface area contributed by atoms with Gasteiger partial charge in [-0.15, -0.1) is 0 Å². The molecular formula is C19H22N2O5S. The number of hydrogen-bond acceptors (Lipinski definition) is 4. The van der Waals surface area contributed by atoms with Gasteiger partial charge in [-0.05, 0) is 42.3 Å². The van der Waals surface area contributed by atoms with Crippen LogP contribution in [-0.4, -0.2) is 43.4 Å². The zero-order valence-corrected chi connectivity index (χ0v) is 15.9. The Kier molecular flexibility index (Phi) is 6.57. The molecule has 0 fully saturated rings. The Morgan fingerprint density at radius 3 is 2.15 bits per heavy atom. The third kappa shape index (κ3) is 5.82. The third-order valence-electron chi connectivity index (χ3n) is 3.64. The standard InChI is InChI=1S/C19H22N2O5S/c1-14(2)12-21(13-18(22)23)19(24)15-8-10-17(11-9-15)27(25,26)20-16-6-4-3-5-7-16/h3-11,14,20H,12-13H2,1-2H3,(H,22,23). The molecule has 0 heterocycles. The molecule has 144 valence electrons. The van der Waals surface area contributed by atoms with E-state index in [2.05, 4.69) is 4.72 Å². The second kappa shape index (κ2) is 8.68. The Morgan fingerprint density at radius 1 is 1.04 bits per heavy atom. The van der Waals surface area contributed by atoms with E-state index in [1.165, 1.54) is 29.2 Å². The molecule has 2 N–H and O–H groups in total. The molecule has 1 amide bonds. The SMILES string of the molecule is CC(C)CN(CC(=O)O)C(=O)c1ccc(S(=O)(=O)Nc2ccccc2)cc1. The number of carboxylic acid groups (broad SMARTS) is 1. The minimum atomic E-state index is -3.78. The number of rotatable bonds is 8. The molecule has 0 bridgehead atoms. The second-order valence-electron chi connectivity index (χ2n) is 6.47. The van der Waals surface area contributed by atoms with E-state index in [-0.39, 0.29) is 16.4 Å². The van der Waals surface area contributed by atoms with Gasteiger partial charge >= 0.3 is 5.97 Å². The minimum absolute atomic E-state index is 0.0107. The Labute approximate surface area is 158 Å². The van der Waals surface area contributed by atoms with Crippen molar-refractivity contribution in [3.63, 3.8) is 0 Å². The lowest BCUT2D eigenvalue weighted by molar-refractivity contribution is -0.137. The molecule has 0 radical (unpaired) electrons. The van der Waals surface area contributed by atoms with Gasteiger partial charge in [-0.25, -0.2) is 8.42 Å². The highest BCUT2D eigenvalue weighted by Crippen LogP contribution is 2.17. The number of amides is 1. The van der Waals surface area contributed by atoms with Gasteiger partial charge in [0.15, 0.2) is 0 Å². The molecule has 0 aliphatic carbocycles. The summed E-state index contributed by atoms with van der Waals surface area (Å²) >= 11 is 0. The van der Waals surface area contributed by atoms with E-state index in [4.69, 9.17) is 5.11 Å². The lowest BCUT2D eigenvalue weighted by Gasteiger charge is -2.22. The van der Waals surface area contributed by atoms with Crippen molar-refractivity contribution in [1.29, 1.82) is 0 Å². The van der Waals surface area contributed by atoms with Crippen LogP contribution in [0.15, 0.2) is 59.5 Å². The molecule has 2 aromatic rings. The van der Waals surface area contributed by atoms with E-state index >= 15 is 0 Å². The van der Waals surface area contributed by atoms with Gasteiger partial charge in [0.2, 0.25) is 0 Å². The van der Waals surface area contributed by atoms with Crippen LogP contribution < -0.4 is 4.72 Å². The lowest BCUT2D eigenvalue weighted by Crippen LogP contribution is -2.38. The van der Waals surface area contributed by atoms with Crippen molar-refractivity contribution < 1.29 is 23.1 Å². The van der Waals surface area contributed by atoms with Gasteiger partial charge in [0, 0.05) is 17.8 Å². The Bertz CT molecular complexity index is 893. The van der Waals surface area contributed by atoms with Crippen molar-refractivity contribution in [3.8, 4) is 0 Å². The van der Waals surface area contributed by atoms with Crippen LogP contribution in [0.1, 0.15) is 24.2 Å². The number of nitrogens with zero attached hydrogens (tertiary/aromatic N) is 1. The molecule has 27 heavy (non-hydrogen) atoms. The number of anilines is 1. The van der Waals surface area contributed by atoms with E-state index < -0.39 is 28.4 Å². The Morgan fingerprint density at radius 2 is 1.63 bits per heavy atom. The van der Waals surface area contributed by atoms with Crippen LogP contribution >= 0.6 is 0 Å². The zero-order chi connectivity index (χ0) is 20.0. The molecule has 0 saturated heterocycles. The number of nitrogens with one attached hydrogen (secondary N) is 1. The molecule has 8 heteroatoms. The summed E-state index contributed by atoms with van der Waals surface area (Å²) in [6, 6.07) is 13.9. The molecule has 2 aromatic carbocycles. The molecule has 0 spiro atoms. The summed E-state index contributed by atoms with van der Waals surface area (Å²) in [5, 5.41) is 9.00. The average Bonchev–Trinajstić information content (AvgIpc) is 2.60. The molecule has 0 unspecified atom stereocenters. The monoisotopic (exact) mass is 390 g/mol. The number of para-hydroxylation sites is 1. The summed E-state index contributed by atoms with van der Waals surface area (Å²) in [6.07, 6.45) is 0. The van der Waals surface area contributed by atoms with Crippen molar-refractivity contribution in [3.05, 3.63) is 60.2 Å². The van der Waals surface area contributed by atoms with Gasteiger partial charge in [-0.2, -0.15) is 0 Å². The van der Waals surface area contributed by atoms with E-state index in [9.17, 15) is 18.0 Å². The van der Waals surface area contributed by atoms with Crippen LogP contribution in [0, 0.1) is 5.92 Å². The largest absolute Gasteiger partial charge is 0.480 e. The zero-order valence-electron chi connectivity index (χ0n) is 15.1. The first-order valence-electron chi connectivity index (χ1n) is 8.38. The molecule has 0 atom stereocenters. The van der Waals surface area contributed by atoms with E-state index in [1.54, 1.807) is 30.3 Å². The van der Waals surface area contributed by atoms with Crippen molar-refractivity contribution >= 4 is 27.6 Å². The number of carbonyl (C=O) groups excluding carboxylic acids is 1. The average molecular weight is 390 g/mol. The van der Waals surface area contributed by atoms with Crippen molar-refractivity contribution in [1.82, 2.24) is 4.90 Å². The van der Waals surface area contributed by atoms with Gasteiger partial charge in [-0.3, -0.25) is 14.3 Å². The number of carboxylic acids is 1. The first-order valence-corrected chi connectivity index (χ1v) is 9.86. The molecule has 0 saturated carbocycles. The van der Waals surface area contributed by atoms with Gasteiger partial charge in [0.1, 0.15) is 6.54 Å². The van der Waals surface area contributed by atoms with Crippen molar-refractivity contribution in [2.75, 3.05) is 17.8 Å². The Balaban J connectivity index is 2.19. The fourth-order valence-corrected chi connectivity index (χ4v) is 3.56. The van der Waals surface area contributed by atoms with Crippen molar-refractivity contribution in [2.45, 2.75) is 18.7 Å². The maximum Gasteiger partial charge on any atom is 0.323 e. The van der Waals surface area contributed by atoms with E-state index in [0.29, 0.717) is 12.2 Å². The Hall–Kier alpha value is -2.87. The van der Waals surface area contributed by atoms with Gasteiger partial charge in [-0.1, -0.05) is 32.0 Å². The summed E-state index contributed by atoms with van der Waals surface area (Å²) in [7, 11) is -3.78. The molecule has 0 aliphatic heterocycles. The highest BCUT2D eigenvalue weighted by atomic mass is 32.2. The highest BCUT2D eigenvalue weighted by Gasteiger charge is 2.21. The van der Waals surface area contributed by atoms with Crippen molar-refractivity contribution in [2.24, 2.45) is 5.92 Å². The smallest absolute Gasteiger partial charge is 0.323 e. The molecule has 2 rings (SSSR count). The van der Waals surface area contributed by atoms with Crippen LogP contribution in [0.2, 0.25) is 0 Å². The van der Waals surface area contributed by atoms with E-state index in [1.807, 2.05) is 13.8 Å². The number of benzene rings is 2. The fourth-order valence-electron chi connectivity index (χ4n) is 2.50. The van der Waals surface area contributed by atoms with Crippen LogP contribution in [-0.2, 0) is 14.8 Å². The van der Waals surface area contributed by atoms with Crippen LogP contribution in [0.25, 0.3) is 0 Å². The van der Waals surface area contributed by atoms with E-state index in [0.717, 1.165) is 0 Å². The van der Waals surface area contributed by atoms with Gasteiger partial charge in [0.05, 0.1) is 4.90 Å². The van der Waals surface area contributed by atoms with Crippen LogP contribution in [0.3, 0.4) is 0 Å². The number of carbonyl (C=O) groups is 2. The maximum atomic E-state index is 12.6. The first kappa shape index (κ1) is 20.4. The van der Waals surface area contributed by atoms with Gasteiger partial charge in [0.25, 0.3) is 15.9 Å². The van der Waals surface area contributed by atoms with Crippen LogP contribution in [0.4, 0.5) is 5.69 Å². The predicted molar refractivity (Wildman–Crippen MR) is 102 cm³/mol. The number of hydrogen-bond donors (Lipinski definition) is 2. The quantitative estimate of drug-likeness (QED) is 0.721. The predicted octanol–water partition coefficient (Wildman–Crippen LogP) is 2.67. The molecule has 7 nitrogen and oxygen atoms in total. The summed E-state index contributed by atoms with van der Waals surface area (Å²) in [4.78, 5) is 24.8. The summed E-state index contributed by atoms with van der Waals surface area (Å²) in [6.45, 7) is 3.65. The maximum absolute atomic E-state index is 12.6. The summed E-state index contributed by atoms with van der Waals surface area (Å²) < 4.78 is 27.3. The molecule has 0 aliphatic rings. The highest BCUT2D eigenvalue weighted by molar-refractivity contribution is 7.92. The topological polar surface area (TPSA) is 104 Å². The van der Waals surface area contributed by atoms with Crippen LogP contribution in [0.5, 0.6) is 0 Å². The lowest BCUT2D eigenvalue weighted by atomic mass is 10.1. The normalized spacial score (nSPS) is 11.2. The summed E-state index contributed by atoms with van der Waals surface area (Å²) in [5.41, 5.74) is 0.665. The fraction of sp³-hybridized carbons (Fsp3) is 0.263. The molecule has 0 aromatic heterocycles.